The fraction of sp³-hybridized carbons (Fsp3) is 0.458. The molecule has 2 aliphatic rings. The number of nitrogens with zero attached hydrogens (tertiary/aromatic N) is 1. The van der Waals surface area contributed by atoms with Crippen LogP contribution in [0.25, 0.3) is 0 Å². The molecule has 2 aromatic carbocycles. The Kier molecular flexibility index (Phi) is 6.25. The molecule has 0 saturated carbocycles. The maximum atomic E-state index is 13.1. The van der Waals surface area contributed by atoms with Crippen LogP contribution in [0.1, 0.15) is 47.3 Å². The Morgan fingerprint density at radius 2 is 1.90 bits per heavy atom. The molecular formula is C24H30N2O4. The number of ether oxygens (including phenoxy) is 3. The van der Waals surface area contributed by atoms with E-state index in [9.17, 15) is 4.79 Å². The smallest absolute Gasteiger partial charge is 0.255 e. The Morgan fingerprint density at radius 3 is 2.60 bits per heavy atom. The Bertz CT molecular complexity index is 877. The molecule has 0 spiro atoms. The predicted octanol–water partition coefficient (Wildman–Crippen LogP) is 3.38. The highest BCUT2D eigenvalue weighted by Crippen LogP contribution is 2.40. The van der Waals surface area contributed by atoms with Crippen LogP contribution in [0.4, 0.5) is 0 Å². The molecule has 0 aliphatic carbocycles. The van der Waals surface area contributed by atoms with E-state index in [1.165, 1.54) is 0 Å². The van der Waals surface area contributed by atoms with E-state index in [0.717, 1.165) is 35.7 Å². The monoisotopic (exact) mass is 410 g/mol. The zero-order chi connectivity index (χ0) is 21.1. The number of nitrogens with one attached hydrogen (secondary N) is 1. The molecule has 6 heteroatoms. The summed E-state index contributed by atoms with van der Waals surface area (Å²) in [6.07, 6.45) is 0.0781. The van der Waals surface area contributed by atoms with Gasteiger partial charge in [0.2, 0.25) is 0 Å². The second kappa shape index (κ2) is 9.06. The van der Waals surface area contributed by atoms with E-state index in [1.807, 2.05) is 37.3 Å². The molecule has 0 unspecified atom stereocenters. The van der Waals surface area contributed by atoms with Gasteiger partial charge in [-0.2, -0.15) is 0 Å². The van der Waals surface area contributed by atoms with Gasteiger partial charge in [0.25, 0.3) is 5.91 Å². The van der Waals surface area contributed by atoms with E-state index in [4.69, 9.17) is 14.2 Å². The molecule has 30 heavy (non-hydrogen) atoms. The molecular weight excluding hydrogens is 380 g/mol. The van der Waals surface area contributed by atoms with Gasteiger partial charge < -0.3 is 19.5 Å². The minimum absolute atomic E-state index is 0.0688. The van der Waals surface area contributed by atoms with Crippen LogP contribution in [-0.2, 0) is 4.74 Å². The van der Waals surface area contributed by atoms with Crippen LogP contribution in [0.5, 0.6) is 11.5 Å². The van der Waals surface area contributed by atoms with Crippen LogP contribution in [0.3, 0.4) is 0 Å². The summed E-state index contributed by atoms with van der Waals surface area (Å²) in [4.78, 5) is 15.4. The second-order valence-corrected chi connectivity index (χ2v) is 7.98. The van der Waals surface area contributed by atoms with Crippen molar-refractivity contribution in [3.8, 4) is 11.5 Å². The maximum absolute atomic E-state index is 13.1. The number of benzene rings is 2. The van der Waals surface area contributed by atoms with Crippen molar-refractivity contribution in [2.45, 2.75) is 31.9 Å². The lowest BCUT2D eigenvalue weighted by atomic mass is 9.96. The van der Waals surface area contributed by atoms with E-state index >= 15 is 0 Å². The van der Waals surface area contributed by atoms with Gasteiger partial charge in [-0.1, -0.05) is 31.2 Å². The Labute approximate surface area is 178 Å². The lowest BCUT2D eigenvalue weighted by Gasteiger charge is -2.35. The minimum Gasteiger partial charge on any atom is -0.497 e. The first-order valence-electron chi connectivity index (χ1n) is 10.6. The highest BCUT2D eigenvalue weighted by molar-refractivity contribution is 5.97. The number of carbonyl (C=O) groups excluding carboxylic acids is 1. The molecule has 1 amide bonds. The molecule has 1 N–H and O–H groups in total. The number of para-hydroxylation sites is 1. The molecule has 6 nitrogen and oxygen atoms in total. The molecule has 3 atom stereocenters. The predicted molar refractivity (Wildman–Crippen MR) is 115 cm³/mol. The summed E-state index contributed by atoms with van der Waals surface area (Å²) in [7, 11) is 1.66. The van der Waals surface area contributed by atoms with E-state index in [1.54, 1.807) is 7.11 Å². The van der Waals surface area contributed by atoms with Gasteiger partial charge in [0.05, 0.1) is 31.9 Å². The van der Waals surface area contributed by atoms with Crippen molar-refractivity contribution in [2.24, 2.45) is 0 Å². The summed E-state index contributed by atoms with van der Waals surface area (Å²) in [6.45, 7) is 7.78. The van der Waals surface area contributed by atoms with E-state index in [2.05, 4.69) is 29.3 Å². The molecule has 0 radical (unpaired) electrons. The van der Waals surface area contributed by atoms with Crippen LogP contribution in [0.2, 0.25) is 0 Å². The summed E-state index contributed by atoms with van der Waals surface area (Å²) < 4.78 is 16.8. The van der Waals surface area contributed by atoms with Gasteiger partial charge in [-0.3, -0.25) is 9.69 Å². The first kappa shape index (κ1) is 20.7. The van der Waals surface area contributed by atoms with Gasteiger partial charge in [0.1, 0.15) is 17.6 Å². The molecule has 0 aromatic heterocycles. The van der Waals surface area contributed by atoms with Crippen LogP contribution in [0.15, 0.2) is 42.5 Å². The summed E-state index contributed by atoms with van der Waals surface area (Å²) in [6, 6.07) is 14.0. The highest BCUT2D eigenvalue weighted by atomic mass is 16.5. The third-order valence-electron chi connectivity index (χ3n) is 6.23. The van der Waals surface area contributed by atoms with Gasteiger partial charge in [-0.15, -0.1) is 0 Å². The normalized spacial score (nSPS) is 22.1. The Balaban J connectivity index is 1.52. The van der Waals surface area contributed by atoms with E-state index < -0.39 is 0 Å². The van der Waals surface area contributed by atoms with Crippen LogP contribution < -0.4 is 14.8 Å². The highest BCUT2D eigenvalue weighted by Gasteiger charge is 2.31. The van der Waals surface area contributed by atoms with Crippen molar-refractivity contribution >= 4 is 5.91 Å². The molecule has 2 aliphatic heterocycles. The fourth-order valence-corrected chi connectivity index (χ4v) is 4.22. The van der Waals surface area contributed by atoms with Gasteiger partial charge in [0, 0.05) is 31.1 Å². The minimum atomic E-state index is -0.0973. The third-order valence-corrected chi connectivity index (χ3v) is 6.23. The maximum Gasteiger partial charge on any atom is 0.255 e. The van der Waals surface area contributed by atoms with Crippen molar-refractivity contribution in [2.75, 3.05) is 40.0 Å². The number of carbonyl (C=O) groups is 1. The quantitative estimate of drug-likeness (QED) is 0.791. The van der Waals surface area contributed by atoms with Crippen LogP contribution in [-0.4, -0.2) is 56.9 Å². The lowest BCUT2D eigenvalue weighted by molar-refractivity contribution is 0.0162. The third kappa shape index (κ3) is 4.16. The van der Waals surface area contributed by atoms with Gasteiger partial charge in [-0.05, 0) is 30.7 Å². The largest absolute Gasteiger partial charge is 0.497 e. The Hall–Kier alpha value is -2.57. The molecule has 2 heterocycles. The van der Waals surface area contributed by atoms with Gasteiger partial charge >= 0.3 is 0 Å². The van der Waals surface area contributed by atoms with Crippen molar-refractivity contribution in [3.05, 3.63) is 59.2 Å². The average molecular weight is 411 g/mol. The molecule has 4 rings (SSSR count). The number of morpholine rings is 1. The second-order valence-electron chi connectivity index (χ2n) is 7.98. The lowest BCUT2D eigenvalue weighted by Crippen LogP contribution is -2.43. The van der Waals surface area contributed by atoms with Crippen LogP contribution in [0, 0.1) is 0 Å². The SMILES string of the molecule is COc1ccc([C@H](CNC(=O)c2cccc3c2O[C@@H](C)[C@@H]3C)N2CCOCC2)cc1. The van der Waals surface area contributed by atoms with Gasteiger partial charge in [0.15, 0.2) is 0 Å². The topological polar surface area (TPSA) is 60.0 Å². The van der Waals surface area contributed by atoms with Crippen molar-refractivity contribution in [1.29, 1.82) is 0 Å². The molecule has 0 bridgehead atoms. The van der Waals surface area contributed by atoms with Crippen molar-refractivity contribution in [3.63, 3.8) is 0 Å². The van der Waals surface area contributed by atoms with Gasteiger partial charge in [-0.25, -0.2) is 0 Å². The Morgan fingerprint density at radius 1 is 1.17 bits per heavy atom. The zero-order valence-corrected chi connectivity index (χ0v) is 17.9. The number of methoxy groups -OCH3 is 1. The summed E-state index contributed by atoms with van der Waals surface area (Å²) in [5, 5.41) is 3.15. The zero-order valence-electron chi connectivity index (χ0n) is 17.9. The standard InChI is InChI=1S/C24H30N2O4/c1-16-17(2)30-23-20(16)5-4-6-21(23)24(27)25-15-22(26-11-13-29-14-12-26)18-7-9-19(28-3)10-8-18/h4-10,16-17,22H,11-15H2,1-3H3,(H,25,27)/t16-,17-,22-/m0/s1. The first-order valence-corrected chi connectivity index (χ1v) is 10.6. The number of rotatable bonds is 6. The summed E-state index contributed by atoms with van der Waals surface area (Å²) >= 11 is 0. The summed E-state index contributed by atoms with van der Waals surface area (Å²) in [5.74, 6) is 1.74. The molecule has 1 fully saturated rings. The molecule has 160 valence electrons. The number of hydrogen-bond acceptors (Lipinski definition) is 5. The average Bonchev–Trinajstić information content (AvgIpc) is 3.08. The number of amides is 1. The summed E-state index contributed by atoms with van der Waals surface area (Å²) in [5.41, 5.74) is 2.86. The molecule has 1 saturated heterocycles. The number of hydrogen-bond donors (Lipinski definition) is 1. The molecule has 2 aromatic rings. The van der Waals surface area contributed by atoms with Crippen molar-refractivity contribution < 1.29 is 19.0 Å². The first-order chi connectivity index (χ1) is 14.6. The van der Waals surface area contributed by atoms with Crippen molar-refractivity contribution in [1.82, 2.24) is 10.2 Å². The fourth-order valence-electron chi connectivity index (χ4n) is 4.22. The number of fused-ring (bicyclic) bond motifs is 1. The van der Waals surface area contributed by atoms with E-state index in [-0.39, 0.29) is 24.0 Å². The van der Waals surface area contributed by atoms with Crippen LogP contribution >= 0.6 is 0 Å². The van der Waals surface area contributed by atoms with E-state index in [0.29, 0.717) is 25.3 Å².